The largest absolute Gasteiger partial charge is 0.295 e. The summed E-state index contributed by atoms with van der Waals surface area (Å²) in [4.78, 5) is 11.0. The minimum atomic E-state index is 0.369. The van der Waals surface area contributed by atoms with E-state index in [2.05, 4.69) is 19.9 Å². The average molecular weight is 138 g/mol. The Morgan fingerprint density at radius 2 is 2.10 bits per heavy atom. The minimum Gasteiger partial charge on any atom is -0.295 e. The molecule has 56 valence electrons. The maximum atomic E-state index is 11.0. The lowest BCUT2D eigenvalue weighted by Gasteiger charge is -1.96. The molecule has 0 aromatic carbocycles. The van der Waals surface area contributed by atoms with Crippen molar-refractivity contribution in [3.05, 3.63) is 11.6 Å². The summed E-state index contributed by atoms with van der Waals surface area (Å²) in [6.45, 7) is 4.22. The van der Waals surface area contributed by atoms with Gasteiger partial charge in [-0.1, -0.05) is 19.9 Å². The first-order valence-corrected chi connectivity index (χ1v) is 3.94. The van der Waals surface area contributed by atoms with E-state index in [1.807, 2.05) is 0 Å². The Morgan fingerprint density at radius 3 is 2.50 bits per heavy atom. The van der Waals surface area contributed by atoms with Gasteiger partial charge in [-0.25, -0.2) is 0 Å². The highest BCUT2D eigenvalue weighted by Gasteiger charge is 2.16. The topological polar surface area (TPSA) is 17.1 Å². The van der Waals surface area contributed by atoms with Gasteiger partial charge in [0.05, 0.1) is 0 Å². The van der Waals surface area contributed by atoms with Crippen LogP contribution in [0.3, 0.4) is 0 Å². The third-order valence-electron chi connectivity index (χ3n) is 1.74. The van der Waals surface area contributed by atoms with Gasteiger partial charge in [0.15, 0.2) is 5.78 Å². The van der Waals surface area contributed by atoms with Crippen LogP contribution in [0.4, 0.5) is 0 Å². The van der Waals surface area contributed by atoms with Gasteiger partial charge in [0, 0.05) is 6.42 Å². The third-order valence-corrected chi connectivity index (χ3v) is 1.74. The molecule has 0 N–H and O–H groups in total. The fourth-order valence-electron chi connectivity index (χ4n) is 1.32. The molecule has 0 amide bonds. The molecule has 1 rings (SSSR count). The first-order valence-electron chi connectivity index (χ1n) is 3.94. The van der Waals surface area contributed by atoms with Crippen molar-refractivity contribution in [2.24, 2.45) is 5.92 Å². The Labute approximate surface area is 62.1 Å². The Bertz CT molecular complexity index is 166. The zero-order valence-electron chi connectivity index (χ0n) is 6.68. The van der Waals surface area contributed by atoms with Crippen molar-refractivity contribution in [3.63, 3.8) is 0 Å². The molecule has 0 aromatic heterocycles. The number of rotatable bonds is 1. The molecule has 1 aliphatic carbocycles. The molecule has 1 fully saturated rings. The summed E-state index contributed by atoms with van der Waals surface area (Å²) in [7, 11) is 0. The molecule has 1 aliphatic rings. The maximum Gasteiger partial charge on any atom is 0.158 e. The standard InChI is InChI=1S/C9H14O/c1-7(2)6-8-4-3-5-9(8)10/h6-7H,3-5H2,1-2H3/b8-6+. The van der Waals surface area contributed by atoms with Crippen molar-refractivity contribution in [2.45, 2.75) is 33.1 Å². The molecule has 10 heavy (non-hydrogen) atoms. The van der Waals surface area contributed by atoms with Gasteiger partial charge < -0.3 is 0 Å². The molecule has 0 atom stereocenters. The molecule has 0 spiro atoms. The summed E-state index contributed by atoms with van der Waals surface area (Å²) in [5.41, 5.74) is 1.06. The zero-order valence-corrected chi connectivity index (χ0v) is 6.68. The van der Waals surface area contributed by atoms with E-state index >= 15 is 0 Å². The average Bonchev–Trinajstić information content (AvgIpc) is 2.15. The monoisotopic (exact) mass is 138 g/mol. The Balaban J connectivity index is 2.62. The van der Waals surface area contributed by atoms with Gasteiger partial charge >= 0.3 is 0 Å². The minimum absolute atomic E-state index is 0.369. The fourth-order valence-corrected chi connectivity index (χ4v) is 1.32. The van der Waals surface area contributed by atoms with Crippen LogP contribution < -0.4 is 0 Å². The number of ketones is 1. The summed E-state index contributed by atoms with van der Waals surface area (Å²) in [5, 5.41) is 0. The summed E-state index contributed by atoms with van der Waals surface area (Å²) in [5.74, 6) is 0.894. The van der Waals surface area contributed by atoms with Gasteiger partial charge in [0.2, 0.25) is 0 Å². The number of carbonyl (C=O) groups excluding carboxylic acids is 1. The maximum absolute atomic E-state index is 11.0. The molecule has 1 nitrogen and oxygen atoms in total. The molecule has 1 heteroatoms. The van der Waals surface area contributed by atoms with Crippen LogP contribution in [0.1, 0.15) is 33.1 Å². The lowest BCUT2D eigenvalue weighted by molar-refractivity contribution is -0.114. The van der Waals surface area contributed by atoms with Gasteiger partial charge in [-0.05, 0) is 24.3 Å². The first-order chi connectivity index (χ1) is 4.70. The summed E-state index contributed by atoms with van der Waals surface area (Å²) in [6.07, 6.45) is 4.95. The number of carbonyl (C=O) groups is 1. The molecular formula is C9H14O. The van der Waals surface area contributed by atoms with Gasteiger partial charge in [0.25, 0.3) is 0 Å². The van der Waals surface area contributed by atoms with Crippen LogP contribution in [0.15, 0.2) is 11.6 Å². The predicted octanol–water partition coefficient (Wildman–Crippen LogP) is 2.32. The van der Waals surface area contributed by atoms with E-state index in [9.17, 15) is 4.79 Å². The summed E-state index contributed by atoms with van der Waals surface area (Å²) < 4.78 is 0. The fraction of sp³-hybridized carbons (Fsp3) is 0.667. The molecule has 0 heterocycles. The normalized spacial score (nSPS) is 23.1. The quantitative estimate of drug-likeness (QED) is 0.508. The lowest BCUT2D eigenvalue weighted by Crippen LogP contribution is -1.93. The molecule has 0 aliphatic heterocycles. The second-order valence-corrected chi connectivity index (χ2v) is 3.21. The Morgan fingerprint density at radius 1 is 1.40 bits per heavy atom. The van der Waals surface area contributed by atoms with Gasteiger partial charge in [0.1, 0.15) is 0 Å². The highest BCUT2D eigenvalue weighted by atomic mass is 16.1. The second kappa shape index (κ2) is 3.00. The molecule has 0 saturated heterocycles. The van der Waals surface area contributed by atoms with Gasteiger partial charge in [-0.3, -0.25) is 4.79 Å². The molecule has 0 unspecified atom stereocenters. The molecule has 1 saturated carbocycles. The van der Waals surface area contributed by atoms with E-state index in [0.29, 0.717) is 11.7 Å². The zero-order chi connectivity index (χ0) is 7.56. The lowest BCUT2D eigenvalue weighted by atomic mass is 10.1. The molecule has 0 radical (unpaired) electrons. The van der Waals surface area contributed by atoms with Crippen molar-refractivity contribution in [1.29, 1.82) is 0 Å². The van der Waals surface area contributed by atoms with Crippen LogP contribution in [0.25, 0.3) is 0 Å². The van der Waals surface area contributed by atoms with Crippen molar-refractivity contribution < 1.29 is 4.79 Å². The van der Waals surface area contributed by atoms with E-state index in [0.717, 1.165) is 24.8 Å². The number of hydrogen-bond acceptors (Lipinski definition) is 1. The molecule has 0 bridgehead atoms. The van der Waals surface area contributed by atoms with Crippen molar-refractivity contribution in [2.75, 3.05) is 0 Å². The van der Waals surface area contributed by atoms with Crippen LogP contribution in [-0.4, -0.2) is 5.78 Å². The van der Waals surface area contributed by atoms with Gasteiger partial charge in [-0.2, -0.15) is 0 Å². The highest BCUT2D eigenvalue weighted by Crippen LogP contribution is 2.21. The smallest absolute Gasteiger partial charge is 0.158 e. The molecular weight excluding hydrogens is 124 g/mol. The third kappa shape index (κ3) is 1.69. The SMILES string of the molecule is CC(C)/C=C1\CCCC1=O. The van der Waals surface area contributed by atoms with E-state index in [1.165, 1.54) is 0 Å². The van der Waals surface area contributed by atoms with Crippen molar-refractivity contribution >= 4 is 5.78 Å². The number of hydrogen-bond donors (Lipinski definition) is 0. The van der Waals surface area contributed by atoms with E-state index < -0.39 is 0 Å². The van der Waals surface area contributed by atoms with Crippen molar-refractivity contribution in [3.8, 4) is 0 Å². The second-order valence-electron chi connectivity index (χ2n) is 3.21. The Kier molecular flexibility index (Phi) is 2.25. The van der Waals surface area contributed by atoms with E-state index in [-0.39, 0.29) is 0 Å². The Hall–Kier alpha value is -0.590. The van der Waals surface area contributed by atoms with Crippen LogP contribution in [-0.2, 0) is 4.79 Å². The van der Waals surface area contributed by atoms with E-state index in [1.54, 1.807) is 0 Å². The predicted molar refractivity (Wildman–Crippen MR) is 41.8 cm³/mol. The van der Waals surface area contributed by atoms with Crippen molar-refractivity contribution in [1.82, 2.24) is 0 Å². The van der Waals surface area contributed by atoms with Gasteiger partial charge in [-0.15, -0.1) is 0 Å². The van der Waals surface area contributed by atoms with Crippen LogP contribution in [0.2, 0.25) is 0 Å². The van der Waals surface area contributed by atoms with E-state index in [4.69, 9.17) is 0 Å². The number of allylic oxidation sites excluding steroid dienone is 2. The summed E-state index contributed by atoms with van der Waals surface area (Å²) >= 11 is 0. The summed E-state index contributed by atoms with van der Waals surface area (Å²) in [6, 6.07) is 0. The van der Waals surface area contributed by atoms with Crippen LogP contribution in [0.5, 0.6) is 0 Å². The number of Topliss-reactive ketones (excluding diaryl/α,β-unsaturated/α-hetero) is 1. The first kappa shape index (κ1) is 7.52. The van der Waals surface area contributed by atoms with Crippen LogP contribution >= 0.6 is 0 Å². The molecule has 0 aromatic rings. The van der Waals surface area contributed by atoms with Crippen LogP contribution in [0, 0.1) is 5.92 Å². The highest BCUT2D eigenvalue weighted by molar-refractivity contribution is 5.97.